The number of rotatable bonds is 4. The summed E-state index contributed by atoms with van der Waals surface area (Å²) in [4.78, 5) is 5.48. The smallest absolute Gasteiger partial charge is 0.387 e. The summed E-state index contributed by atoms with van der Waals surface area (Å²) < 4.78 is 115. The van der Waals surface area contributed by atoms with Gasteiger partial charge in [0.2, 0.25) is 0 Å². The Morgan fingerprint density at radius 2 is 1.33 bits per heavy atom. The number of aliphatic hydroxyl groups is 2. The molecule has 3 unspecified atom stereocenters. The van der Waals surface area contributed by atoms with Crippen molar-refractivity contribution in [3.05, 3.63) is 45.2 Å². The highest BCUT2D eigenvalue weighted by Crippen LogP contribution is 2.40. The maximum absolute atomic E-state index is 12.9. The summed E-state index contributed by atoms with van der Waals surface area (Å²) in [5, 5.41) is 28.7. The highest BCUT2D eigenvalue weighted by atomic mass is 32.1. The third-order valence-electron chi connectivity index (χ3n) is 3.67. The lowest BCUT2D eigenvalue weighted by Gasteiger charge is -2.22. The number of alkyl halides is 9. The van der Waals surface area contributed by atoms with Gasteiger partial charge in [0, 0.05) is 5.38 Å². The monoisotopic (exact) mass is 465 g/mol. The van der Waals surface area contributed by atoms with Crippen LogP contribution >= 0.6 is 11.3 Å². The van der Waals surface area contributed by atoms with E-state index in [2.05, 4.69) is 9.97 Å². The SMILES string of the molecule is N#CC(C(O)c1cc(C(F)(F)F)nc(C(F)(F)F)c1)C(O)c1csc(C(F)(F)F)n1. The van der Waals surface area contributed by atoms with Gasteiger partial charge in [-0.1, -0.05) is 0 Å². The Balaban J connectivity index is 2.47. The third-order valence-corrected chi connectivity index (χ3v) is 4.57. The summed E-state index contributed by atoms with van der Waals surface area (Å²) in [5.41, 5.74) is -5.85. The Labute approximate surface area is 165 Å². The second kappa shape index (κ2) is 8.00. The van der Waals surface area contributed by atoms with Crippen molar-refractivity contribution in [1.29, 1.82) is 5.26 Å². The van der Waals surface area contributed by atoms with Crippen LogP contribution in [0.5, 0.6) is 0 Å². The number of thiazole rings is 1. The van der Waals surface area contributed by atoms with Crippen LogP contribution in [0, 0.1) is 17.2 Å². The van der Waals surface area contributed by atoms with Crippen molar-refractivity contribution in [2.45, 2.75) is 30.7 Å². The lowest BCUT2D eigenvalue weighted by molar-refractivity contribution is -0.150. The van der Waals surface area contributed by atoms with E-state index in [0.717, 1.165) is 0 Å². The van der Waals surface area contributed by atoms with Crippen LogP contribution in [0.3, 0.4) is 0 Å². The second-order valence-corrected chi connectivity index (χ2v) is 6.64. The molecular formula is C15H8F9N3O2S. The zero-order valence-corrected chi connectivity index (χ0v) is 14.8. The fourth-order valence-corrected chi connectivity index (χ4v) is 2.99. The van der Waals surface area contributed by atoms with Crippen molar-refractivity contribution in [1.82, 2.24) is 9.97 Å². The second-order valence-electron chi connectivity index (χ2n) is 5.79. The first-order valence-electron chi connectivity index (χ1n) is 7.50. The molecule has 2 N–H and O–H groups in total. The molecule has 0 saturated heterocycles. The standard InChI is InChI=1S/C15H8F9N3O2S/c16-13(17,18)8-1-5(2-9(27-8)14(19,20)21)10(28)6(3-25)11(29)7-4-30-12(26-7)15(22,23)24/h1-2,4,6,10-11,28-29H. The van der Waals surface area contributed by atoms with E-state index in [4.69, 9.17) is 5.26 Å². The van der Waals surface area contributed by atoms with Crippen LogP contribution in [0.15, 0.2) is 17.5 Å². The first-order valence-corrected chi connectivity index (χ1v) is 8.38. The molecule has 15 heteroatoms. The molecule has 0 bridgehead atoms. The first kappa shape index (κ1) is 23.8. The Morgan fingerprint density at radius 1 is 0.833 bits per heavy atom. The molecule has 0 aliphatic rings. The van der Waals surface area contributed by atoms with Crippen LogP contribution in [0.25, 0.3) is 0 Å². The molecule has 0 amide bonds. The van der Waals surface area contributed by atoms with Crippen LogP contribution in [0.4, 0.5) is 39.5 Å². The van der Waals surface area contributed by atoms with Gasteiger partial charge in [0.25, 0.3) is 0 Å². The van der Waals surface area contributed by atoms with Crippen molar-refractivity contribution >= 4 is 11.3 Å². The maximum atomic E-state index is 12.9. The molecule has 0 spiro atoms. The van der Waals surface area contributed by atoms with Crippen molar-refractivity contribution in [2.75, 3.05) is 0 Å². The van der Waals surface area contributed by atoms with Crippen LogP contribution in [-0.2, 0) is 18.5 Å². The van der Waals surface area contributed by atoms with Crippen LogP contribution < -0.4 is 0 Å². The van der Waals surface area contributed by atoms with Crippen molar-refractivity contribution in [3.63, 3.8) is 0 Å². The summed E-state index contributed by atoms with van der Waals surface area (Å²) in [6.07, 6.45) is -20.3. The average molecular weight is 465 g/mol. The van der Waals surface area contributed by atoms with Gasteiger partial charge in [0.1, 0.15) is 23.4 Å². The lowest BCUT2D eigenvalue weighted by Crippen LogP contribution is -2.22. The van der Waals surface area contributed by atoms with Crippen molar-refractivity contribution in [3.8, 4) is 6.07 Å². The Bertz CT molecular complexity index is 914. The molecule has 0 saturated carbocycles. The number of nitrogens with zero attached hydrogens (tertiary/aromatic N) is 3. The number of hydrogen-bond donors (Lipinski definition) is 2. The minimum Gasteiger partial charge on any atom is -0.387 e. The number of nitriles is 1. The van der Waals surface area contributed by atoms with Crippen molar-refractivity contribution < 1.29 is 49.7 Å². The molecule has 3 atom stereocenters. The van der Waals surface area contributed by atoms with Crippen LogP contribution in [-0.4, -0.2) is 20.2 Å². The van der Waals surface area contributed by atoms with Gasteiger partial charge in [-0.25, -0.2) is 9.97 Å². The summed E-state index contributed by atoms with van der Waals surface area (Å²) in [7, 11) is 0. The fraction of sp³-hybridized carbons (Fsp3) is 0.400. The quantitative estimate of drug-likeness (QED) is 0.649. The van der Waals surface area contributed by atoms with E-state index in [-0.39, 0.29) is 23.5 Å². The highest BCUT2D eigenvalue weighted by Gasteiger charge is 2.41. The molecule has 2 rings (SSSR count). The minimum atomic E-state index is -5.34. The van der Waals surface area contributed by atoms with Gasteiger partial charge in [0.15, 0.2) is 5.01 Å². The zero-order valence-electron chi connectivity index (χ0n) is 14.0. The maximum Gasteiger partial charge on any atom is 0.443 e. The molecule has 30 heavy (non-hydrogen) atoms. The lowest BCUT2D eigenvalue weighted by atomic mass is 9.90. The van der Waals surface area contributed by atoms with Gasteiger partial charge in [0.05, 0.1) is 17.9 Å². The Kier molecular flexibility index (Phi) is 6.36. The van der Waals surface area contributed by atoms with E-state index < -0.39 is 64.3 Å². The van der Waals surface area contributed by atoms with Gasteiger partial charge in [-0.05, 0) is 17.7 Å². The normalized spacial score (nSPS) is 16.1. The Hall–Kier alpha value is -2.44. The van der Waals surface area contributed by atoms with Crippen LogP contribution in [0.1, 0.15) is 39.9 Å². The van der Waals surface area contributed by atoms with Gasteiger partial charge in [-0.15, -0.1) is 11.3 Å². The molecule has 2 heterocycles. The molecule has 5 nitrogen and oxygen atoms in total. The van der Waals surface area contributed by atoms with Gasteiger partial charge >= 0.3 is 18.5 Å². The van der Waals surface area contributed by atoms with E-state index in [1.807, 2.05) is 0 Å². The fourth-order valence-electron chi connectivity index (χ4n) is 2.27. The molecular weight excluding hydrogens is 457 g/mol. The van der Waals surface area contributed by atoms with E-state index in [1.54, 1.807) is 0 Å². The number of pyridine rings is 1. The van der Waals surface area contributed by atoms with Crippen LogP contribution in [0.2, 0.25) is 0 Å². The number of aliphatic hydroxyl groups excluding tert-OH is 2. The summed E-state index contributed by atoms with van der Waals surface area (Å²) in [6.45, 7) is 0. The number of halogens is 9. The predicted octanol–water partition coefficient (Wildman–Crippen LogP) is 4.50. The topological polar surface area (TPSA) is 90.0 Å². The van der Waals surface area contributed by atoms with Gasteiger partial charge < -0.3 is 10.2 Å². The van der Waals surface area contributed by atoms with Gasteiger partial charge in [-0.2, -0.15) is 44.8 Å². The molecule has 2 aromatic heterocycles. The average Bonchev–Trinajstić information content (AvgIpc) is 3.10. The number of hydrogen-bond acceptors (Lipinski definition) is 6. The van der Waals surface area contributed by atoms with E-state index in [9.17, 15) is 49.7 Å². The largest absolute Gasteiger partial charge is 0.443 e. The predicted molar refractivity (Wildman–Crippen MR) is 80.4 cm³/mol. The summed E-state index contributed by atoms with van der Waals surface area (Å²) in [5.74, 6) is -2.14. The molecule has 2 aromatic rings. The molecule has 0 radical (unpaired) electrons. The summed E-state index contributed by atoms with van der Waals surface area (Å²) >= 11 is 0.0372. The summed E-state index contributed by atoms with van der Waals surface area (Å²) in [6, 6.07) is 1.35. The molecule has 164 valence electrons. The molecule has 0 aliphatic carbocycles. The molecule has 0 aromatic carbocycles. The van der Waals surface area contributed by atoms with Gasteiger partial charge in [-0.3, -0.25) is 0 Å². The van der Waals surface area contributed by atoms with E-state index in [0.29, 0.717) is 5.38 Å². The number of aromatic nitrogens is 2. The minimum absolute atomic E-state index is 0.0372. The zero-order chi connectivity index (χ0) is 23.1. The molecule has 0 aliphatic heterocycles. The third kappa shape index (κ3) is 5.18. The Morgan fingerprint density at radius 3 is 1.70 bits per heavy atom. The van der Waals surface area contributed by atoms with Crippen molar-refractivity contribution in [2.24, 2.45) is 5.92 Å². The highest BCUT2D eigenvalue weighted by molar-refractivity contribution is 7.09. The first-order chi connectivity index (χ1) is 13.6. The van der Waals surface area contributed by atoms with E-state index >= 15 is 0 Å². The van der Waals surface area contributed by atoms with E-state index in [1.165, 1.54) is 6.07 Å². The molecule has 0 fully saturated rings.